The van der Waals surface area contributed by atoms with E-state index in [-0.39, 0.29) is 0 Å². The van der Waals surface area contributed by atoms with E-state index >= 15 is 0 Å². The lowest BCUT2D eigenvalue weighted by atomic mass is 10.1. The number of carbonyl (C=O) groups is 3. The molecule has 0 aliphatic carbocycles. The fraction of sp³-hybridized carbons (Fsp3) is 0.214. The molecule has 0 fully saturated rings. The summed E-state index contributed by atoms with van der Waals surface area (Å²) in [5, 5.41) is 12.0. The van der Waals surface area contributed by atoms with E-state index in [1.54, 1.807) is 29.9 Å². The predicted molar refractivity (Wildman–Crippen MR) is 75.6 cm³/mol. The number of rotatable bonds is 5. The maximum Gasteiger partial charge on any atom is 0.326 e. The molecule has 0 aliphatic rings. The molecule has 1 atom stereocenters. The number of amides is 2. The smallest absolute Gasteiger partial charge is 0.326 e. The Labute approximate surface area is 120 Å². The number of aryl methyl sites for hydroxylation is 1. The van der Waals surface area contributed by atoms with Crippen molar-refractivity contribution in [3.05, 3.63) is 36.0 Å². The number of aliphatic carboxylic acids is 1. The maximum absolute atomic E-state index is 12.2. The molecule has 2 amide bonds. The predicted octanol–water partition coefficient (Wildman–Crippen LogP) is 0.237. The van der Waals surface area contributed by atoms with Crippen molar-refractivity contribution in [2.45, 2.75) is 12.5 Å². The molecule has 1 aromatic heterocycles. The first-order valence-corrected chi connectivity index (χ1v) is 6.26. The lowest BCUT2D eigenvalue weighted by Gasteiger charge is -2.12. The van der Waals surface area contributed by atoms with E-state index in [2.05, 4.69) is 5.32 Å². The minimum atomic E-state index is -1.34. The summed E-state index contributed by atoms with van der Waals surface area (Å²) < 4.78 is 1.77. The van der Waals surface area contributed by atoms with Crippen LogP contribution in [0.3, 0.4) is 0 Å². The lowest BCUT2D eigenvalue weighted by Crippen LogP contribution is -2.43. The van der Waals surface area contributed by atoms with E-state index in [9.17, 15) is 14.4 Å². The van der Waals surface area contributed by atoms with Gasteiger partial charge in [0, 0.05) is 24.1 Å². The van der Waals surface area contributed by atoms with E-state index < -0.39 is 30.2 Å². The van der Waals surface area contributed by atoms with E-state index in [0.717, 1.165) is 5.52 Å². The number of benzene rings is 1. The van der Waals surface area contributed by atoms with Crippen molar-refractivity contribution in [3.63, 3.8) is 0 Å². The van der Waals surface area contributed by atoms with Crippen LogP contribution in [0.15, 0.2) is 30.5 Å². The third kappa shape index (κ3) is 3.02. The molecule has 0 spiro atoms. The summed E-state index contributed by atoms with van der Waals surface area (Å²) in [5.74, 6) is -2.65. The van der Waals surface area contributed by atoms with Gasteiger partial charge in [0.15, 0.2) is 0 Å². The Morgan fingerprint density at radius 3 is 2.62 bits per heavy atom. The fourth-order valence-corrected chi connectivity index (χ4v) is 2.16. The summed E-state index contributed by atoms with van der Waals surface area (Å²) in [4.78, 5) is 34.1. The molecule has 1 aromatic carbocycles. The van der Waals surface area contributed by atoms with Crippen molar-refractivity contribution in [1.29, 1.82) is 0 Å². The van der Waals surface area contributed by atoms with Crippen LogP contribution >= 0.6 is 0 Å². The first kappa shape index (κ1) is 14.6. The molecule has 1 heterocycles. The van der Waals surface area contributed by atoms with Crippen LogP contribution in [-0.4, -0.2) is 33.5 Å². The molecule has 4 N–H and O–H groups in total. The second-order valence-electron chi connectivity index (χ2n) is 4.71. The standard InChI is InChI=1S/C14H15N3O4/c1-17-7-9(8-4-2-3-5-11(8)17)13(19)16-10(14(20)21)6-12(15)18/h2-5,7,10H,6H2,1H3,(H2,15,18)(H,16,19)(H,20,21)/t10-/m0/s1. The normalized spacial score (nSPS) is 12.0. The van der Waals surface area contributed by atoms with Gasteiger partial charge in [0.2, 0.25) is 5.91 Å². The van der Waals surface area contributed by atoms with Crippen molar-refractivity contribution in [2.24, 2.45) is 12.8 Å². The van der Waals surface area contributed by atoms with E-state index in [0.29, 0.717) is 10.9 Å². The zero-order valence-corrected chi connectivity index (χ0v) is 11.4. The number of carboxylic acids is 1. The van der Waals surface area contributed by atoms with Gasteiger partial charge in [0.1, 0.15) is 6.04 Å². The van der Waals surface area contributed by atoms with Gasteiger partial charge in [0.25, 0.3) is 5.91 Å². The molecule has 7 nitrogen and oxygen atoms in total. The zero-order chi connectivity index (χ0) is 15.6. The number of nitrogens with one attached hydrogen (secondary N) is 1. The third-order valence-electron chi connectivity index (χ3n) is 3.15. The Balaban J connectivity index is 2.30. The Morgan fingerprint density at radius 1 is 1.33 bits per heavy atom. The van der Waals surface area contributed by atoms with Gasteiger partial charge >= 0.3 is 5.97 Å². The molecule has 0 unspecified atom stereocenters. The minimum Gasteiger partial charge on any atom is -0.480 e. The summed E-state index contributed by atoms with van der Waals surface area (Å²) in [6.07, 6.45) is 1.16. The molecule has 0 radical (unpaired) electrons. The number of fused-ring (bicyclic) bond motifs is 1. The number of carboxylic acid groups (broad SMARTS) is 1. The van der Waals surface area contributed by atoms with Crippen molar-refractivity contribution in [2.75, 3.05) is 0 Å². The van der Waals surface area contributed by atoms with Crippen LogP contribution in [0.2, 0.25) is 0 Å². The average molecular weight is 289 g/mol. The number of aromatic nitrogens is 1. The van der Waals surface area contributed by atoms with Gasteiger partial charge in [-0.25, -0.2) is 4.79 Å². The van der Waals surface area contributed by atoms with E-state index in [1.807, 2.05) is 12.1 Å². The van der Waals surface area contributed by atoms with Crippen LogP contribution in [0.25, 0.3) is 10.9 Å². The van der Waals surface area contributed by atoms with Crippen molar-refractivity contribution in [3.8, 4) is 0 Å². The van der Waals surface area contributed by atoms with Crippen molar-refractivity contribution in [1.82, 2.24) is 9.88 Å². The zero-order valence-electron chi connectivity index (χ0n) is 11.4. The van der Waals surface area contributed by atoms with Gasteiger partial charge in [-0.2, -0.15) is 0 Å². The monoisotopic (exact) mass is 289 g/mol. The second kappa shape index (κ2) is 5.66. The fourth-order valence-electron chi connectivity index (χ4n) is 2.16. The highest BCUT2D eigenvalue weighted by Crippen LogP contribution is 2.20. The van der Waals surface area contributed by atoms with Crippen LogP contribution < -0.4 is 11.1 Å². The highest BCUT2D eigenvalue weighted by atomic mass is 16.4. The number of hydrogen-bond donors (Lipinski definition) is 3. The van der Waals surface area contributed by atoms with Crippen LogP contribution in [0.1, 0.15) is 16.8 Å². The van der Waals surface area contributed by atoms with E-state index in [4.69, 9.17) is 10.8 Å². The Morgan fingerprint density at radius 2 is 2.00 bits per heavy atom. The average Bonchev–Trinajstić information content (AvgIpc) is 2.75. The molecule has 0 bridgehead atoms. The molecule has 0 saturated heterocycles. The summed E-state index contributed by atoms with van der Waals surface area (Å²) in [6, 6.07) is 5.92. The van der Waals surface area contributed by atoms with Gasteiger partial charge in [-0.3, -0.25) is 9.59 Å². The first-order valence-electron chi connectivity index (χ1n) is 6.26. The van der Waals surface area contributed by atoms with Gasteiger partial charge in [-0.15, -0.1) is 0 Å². The molecule has 0 aliphatic heterocycles. The quantitative estimate of drug-likeness (QED) is 0.731. The molecule has 0 saturated carbocycles. The number of nitrogens with zero attached hydrogens (tertiary/aromatic N) is 1. The molecule has 7 heteroatoms. The molecule has 110 valence electrons. The Bertz CT molecular complexity index is 720. The highest BCUT2D eigenvalue weighted by Gasteiger charge is 2.24. The largest absolute Gasteiger partial charge is 0.480 e. The van der Waals surface area contributed by atoms with E-state index in [1.165, 1.54) is 0 Å². The lowest BCUT2D eigenvalue weighted by molar-refractivity contribution is -0.140. The SMILES string of the molecule is Cn1cc(C(=O)N[C@@H](CC(N)=O)C(=O)O)c2ccccc21. The second-order valence-corrected chi connectivity index (χ2v) is 4.71. The number of carbonyl (C=O) groups excluding carboxylic acids is 2. The molecular formula is C14H15N3O4. The molecular weight excluding hydrogens is 274 g/mol. The molecule has 2 aromatic rings. The topological polar surface area (TPSA) is 114 Å². The van der Waals surface area contributed by atoms with Crippen LogP contribution in [-0.2, 0) is 16.6 Å². The summed E-state index contributed by atoms with van der Waals surface area (Å²) in [6.45, 7) is 0. The molecule has 2 rings (SSSR count). The van der Waals surface area contributed by atoms with Crippen molar-refractivity contribution < 1.29 is 19.5 Å². The number of primary amides is 1. The number of para-hydroxylation sites is 1. The summed E-state index contributed by atoms with van der Waals surface area (Å²) in [5.41, 5.74) is 6.18. The third-order valence-corrected chi connectivity index (χ3v) is 3.15. The van der Waals surface area contributed by atoms with Crippen LogP contribution in [0.4, 0.5) is 0 Å². The van der Waals surface area contributed by atoms with Crippen LogP contribution in [0, 0.1) is 0 Å². The summed E-state index contributed by atoms with van der Waals surface area (Å²) >= 11 is 0. The van der Waals surface area contributed by atoms with Gasteiger partial charge in [-0.1, -0.05) is 18.2 Å². The summed E-state index contributed by atoms with van der Waals surface area (Å²) in [7, 11) is 1.79. The Hall–Kier alpha value is -2.83. The minimum absolute atomic E-state index is 0.351. The van der Waals surface area contributed by atoms with Gasteiger partial charge in [-0.05, 0) is 6.07 Å². The molecule has 21 heavy (non-hydrogen) atoms. The highest BCUT2D eigenvalue weighted by molar-refractivity contribution is 6.08. The maximum atomic E-state index is 12.2. The van der Waals surface area contributed by atoms with Crippen LogP contribution in [0.5, 0.6) is 0 Å². The van der Waals surface area contributed by atoms with Gasteiger partial charge in [0.05, 0.1) is 12.0 Å². The van der Waals surface area contributed by atoms with Crippen molar-refractivity contribution >= 4 is 28.7 Å². The number of hydrogen-bond acceptors (Lipinski definition) is 3. The van der Waals surface area contributed by atoms with Gasteiger partial charge < -0.3 is 20.7 Å². The first-order chi connectivity index (χ1) is 9.90. The number of nitrogens with two attached hydrogens (primary N) is 1. The Kier molecular flexibility index (Phi) is 3.93.